The number of unbranched alkanes of at least 4 members (excludes halogenated alkanes) is 1. The predicted octanol–water partition coefficient (Wildman–Crippen LogP) is 6.27. The first kappa shape index (κ1) is 22.5. The van der Waals surface area contributed by atoms with Crippen LogP contribution in [-0.4, -0.2) is 23.0 Å². The number of nitrogens with one attached hydrogen (secondary N) is 1. The first-order valence-electron chi connectivity index (χ1n) is 10.9. The van der Waals surface area contributed by atoms with Gasteiger partial charge in [0.05, 0.1) is 5.56 Å². The lowest BCUT2D eigenvalue weighted by Gasteiger charge is -2.60. The van der Waals surface area contributed by atoms with Crippen molar-refractivity contribution in [3.05, 3.63) is 47.4 Å². The van der Waals surface area contributed by atoms with Crippen LogP contribution in [0.3, 0.4) is 0 Å². The zero-order valence-corrected chi connectivity index (χ0v) is 19.0. The average molecular weight is 428 g/mol. The molecule has 0 spiro atoms. The van der Waals surface area contributed by atoms with Crippen molar-refractivity contribution < 1.29 is 14.7 Å². The minimum atomic E-state index is -0.709. The Morgan fingerprint density at radius 3 is 2.73 bits per heavy atom. The molecule has 30 heavy (non-hydrogen) atoms. The fraction of sp³-hybridized carbons (Fsp3) is 0.520. The summed E-state index contributed by atoms with van der Waals surface area (Å²) in [7, 11) is 0. The molecular formula is C25H33NO3S. The van der Waals surface area contributed by atoms with Gasteiger partial charge < -0.3 is 10.4 Å². The standard InChI is InChI=1S/C18H21NOS.C7H12O2/c1-18(2)12-6-7-15(14(18)10-12)19-17(20)13-5-3-4-11-8-9-21-16(11)13;1-2-3-4-5-6-7(8)9/h3-5,8-9,12,14-15H,6-7,10H2,1-2H3,(H,19,20);2-3H,4-6H2,1H3,(H,8,9)/b;3-2+. The van der Waals surface area contributed by atoms with E-state index in [2.05, 4.69) is 36.7 Å². The van der Waals surface area contributed by atoms with Crippen LogP contribution in [0.2, 0.25) is 0 Å². The van der Waals surface area contributed by atoms with Gasteiger partial charge in [0, 0.05) is 17.2 Å². The molecule has 0 aliphatic heterocycles. The second-order valence-corrected chi connectivity index (χ2v) is 9.93. The van der Waals surface area contributed by atoms with Crippen LogP contribution < -0.4 is 5.32 Å². The number of hydrogen-bond acceptors (Lipinski definition) is 3. The molecule has 5 rings (SSSR count). The Balaban J connectivity index is 0.000000244. The van der Waals surface area contributed by atoms with E-state index in [-0.39, 0.29) is 12.3 Å². The quantitative estimate of drug-likeness (QED) is 0.421. The summed E-state index contributed by atoms with van der Waals surface area (Å²) < 4.78 is 1.11. The van der Waals surface area contributed by atoms with Crippen LogP contribution in [0.5, 0.6) is 0 Å². The van der Waals surface area contributed by atoms with E-state index in [0.717, 1.165) is 35.4 Å². The van der Waals surface area contributed by atoms with E-state index >= 15 is 0 Å². The molecule has 3 unspecified atom stereocenters. The molecule has 2 aromatic rings. The molecule has 3 fully saturated rings. The number of aliphatic carboxylic acids is 1. The molecule has 2 bridgehead atoms. The molecule has 1 heterocycles. The van der Waals surface area contributed by atoms with Gasteiger partial charge in [-0.1, -0.05) is 38.1 Å². The molecule has 1 aromatic heterocycles. The molecule has 1 aromatic carbocycles. The predicted molar refractivity (Wildman–Crippen MR) is 124 cm³/mol. The fourth-order valence-electron chi connectivity index (χ4n) is 4.94. The topological polar surface area (TPSA) is 66.4 Å². The van der Waals surface area contributed by atoms with E-state index in [1.54, 1.807) is 11.3 Å². The van der Waals surface area contributed by atoms with Gasteiger partial charge in [0.25, 0.3) is 5.91 Å². The molecular weight excluding hydrogens is 394 g/mol. The molecule has 2 N–H and O–H groups in total. The van der Waals surface area contributed by atoms with E-state index in [9.17, 15) is 9.59 Å². The summed E-state index contributed by atoms with van der Waals surface area (Å²) in [4.78, 5) is 22.6. The summed E-state index contributed by atoms with van der Waals surface area (Å²) in [5.41, 5.74) is 1.24. The summed E-state index contributed by atoms with van der Waals surface area (Å²) in [6.07, 6.45) is 9.52. The molecule has 4 nitrogen and oxygen atoms in total. The minimum Gasteiger partial charge on any atom is -0.481 e. The number of amides is 1. The Kier molecular flexibility index (Phi) is 7.35. The van der Waals surface area contributed by atoms with Crippen molar-refractivity contribution in [2.75, 3.05) is 0 Å². The van der Waals surface area contributed by atoms with E-state index in [1.165, 1.54) is 18.2 Å². The maximum Gasteiger partial charge on any atom is 0.303 e. The molecule has 162 valence electrons. The molecule has 3 aliphatic carbocycles. The number of carboxylic acid groups (broad SMARTS) is 1. The zero-order valence-electron chi connectivity index (χ0n) is 18.2. The lowest BCUT2D eigenvalue weighted by Crippen LogP contribution is -2.59. The van der Waals surface area contributed by atoms with Gasteiger partial charge in [0.1, 0.15) is 0 Å². The molecule has 1 amide bonds. The van der Waals surface area contributed by atoms with Gasteiger partial charge in [-0.25, -0.2) is 0 Å². The molecule has 3 atom stereocenters. The Labute approximate surface area is 183 Å². The largest absolute Gasteiger partial charge is 0.481 e. The third kappa shape index (κ3) is 4.94. The summed E-state index contributed by atoms with van der Waals surface area (Å²) in [5.74, 6) is 0.924. The Morgan fingerprint density at radius 1 is 1.27 bits per heavy atom. The van der Waals surface area contributed by atoms with Crippen molar-refractivity contribution in [3.8, 4) is 0 Å². The lowest BCUT2D eigenvalue weighted by atomic mass is 9.47. The Bertz CT molecular complexity index is 912. The number of carboxylic acids is 1. The zero-order chi connectivity index (χ0) is 21.7. The van der Waals surface area contributed by atoms with Gasteiger partial charge in [-0.2, -0.15) is 0 Å². The first-order chi connectivity index (χ1) is 14.3. The lowest BCUT2D eigenvalue weighted by molar-refractivity contribution is -0.137. The van der Waals surface area contributed by atoms with E-state index in [4.69, 9.17) is 5.11 Å². The number of rotatable bonds is 6. The van der Waals surface area contributed by atoms with Crippen LogP contribution in [0.15, 0.2) is 41.8 Å². The summed E-state index contributed by atoms with van der Waals surface area (Å²) in [6.45, 7) is 6.66. The van der Waals surface area contributed by atoms with Crippen LogP contribution in [0.4, 0.5) is 0 Å². The van der Waals surface area contributed by atoms with Gasteiger partial charge in [-0.05, 0) is 79.2 Å². The van der Waals surface area contributed by atoms with Crippen molar-refractivity contribution in [3.63, 3.8) is 0 Å². The van der Waals surface area contributed by atoms with Crippen molar-refractivity contribution in [2.24, 2.45) is 17.3 Å². The number of fused-ring (bicyclic) bond motifs is 3. The molecule has 0 saturated heterocycles. The fourth-order valence-corrected chi connectivity index (χ4v) is 5.85. The number of carbonyl (C=O) groups is 2. The first-order valence-corrected chi connectivity index (χ1v) is 11.8. The highest BCUT2D eigenvalue weighted by Gasteiger charge is 2.54. The van der Waals surface area contributed by atoms with Crippen LogP contribution in [0.25, 0.3) is 10.1 Å². The number of thiophene rings is 1. The minimum absolute atomic E-state index is 0.106. The van der Waals surface area contributed by atoms with Crippen molar-refractivity contribution in [2.45, 2.75) is 65.3 Å². The van der Waals surface area contributed by atoms with Gasteiger partial charge >= 0.3 is 5.97 Å². The van der Waals surface area contributed by atoms with Gasteiger partial charge in [-0.15, -0.1) is 11.3 Å². The highest BCUT2D eigenvalue weighted by Crippen LogP contribution is 2.59. The van der Waals surface area contributed by atoms with Crippen LogP contribution in [0, 0.1) is 17.3 Å². The second kappa shape index (κ2) is 9.78. The van der Waals surface area contributed by atoms with E-state index in [0.29, 0.717) is 17.4 Å². The molecule has 0 radical (unpaired) electrons. The number of carbonyl (C=O) groups excluding carboxylic acids is 1. The van der Waals surface area contributed by atoms with E-state index < -0.39 is 5.97 Å². The Morgan fingerprint density at radius 2 is 2.07 bits per heavy atom. The number of hydrogen-bond donors (Lipinski definition) is 2. The van der Waals surface area contributed by atoms with Crippen molar-refractivity contribution >= 4 is 33.3 Å². The Hall–Kier alpha value is -2.14. The molecule has 3 aliphatic rings. The summed E-state index contributed by atoms with van der Waals surface area (Å²) in [5, 5.41) is 14.7. The maximum absolute atomic E-state index is 12.7. The third-order valence-electron chi connectivity index (χ3n) is 6.90. The van der Waals surface area contributed by atoms with Gasteiger partial charge in [-0.3, -0.25) is 9.59 Å². The van der Waals surface area contributed by atoms with Crippen LogP contribution >= 0.6 is 11.3 Å². The third-order valence-corrected chi connectivity index (χ3v) is 7.86. The summed E-state index contributed by atoms with van der Waals surface area (Å²) in [6, 6.07) is 8.44. The average Bonchev–Trinajstić information content (AvgIpc) is 3.20. The SMILES string of the molecule is C/C=C/CCCC(=O)O.CC1(C)C2CCC(NC(=O)c3cccc4ccsc34)C1C2. The highest BCUT2D eigenvalue weighted by molar-refractivity contribution is 7.17. The normalized spacial score (nSPS) is 24.0. The maximum atomic E-state index is 12.7. The van der Waals surface area contributed by atoms with Gasteiger partial charge in [0.2, 0.25) is 0 Å². The molecule has 5 heteroatoms. The van der Waals surface area contributed by atoms with Crippen molar-refractivity contribution in [1.29, 1.82) is 0 Å². The van der Waals surface area contributed by atoms with E-state index in [1.807, 2.05) is 31.2 Å². The number of allylic oxidation sites excluding steroid dienone is 2. The van der Waals surface area contributed by atoms with Crippen LogP contribution in [-0.2, 0) is 4.79 Å². The van der Waals surface area contributed by atoms with Crippen LogP contribution in [0.1, 0.15) is 69.7 Å². The smallest absolute Gasteiger partial charge is 0.303 e. The highest BCUT2D eigenvalue weighted by atomic mass is 32.1. The molecule has 3 saturated carbocycles. The summed E-state index contributed by atoms with van der Waals surface area (Å²) >= 11 is 1.65. The van der Waals surface area contributed by atoms with Gasteiger partial charge in [0.15, 0.2) is 0 Å². The van der Waals surface area contributed by atoms with Crippen molar-refractivity contribution in [1.82, 2.24) is 5.32 Å². The second-order valence-electron chi connectivity index (χ2n) is 9.02. The monoisotopic (exact) mass is 427 g/mol. The number of benzene rings is 1.